The van der Waals surface area contributed by atoms with E-state index < -0.39 is 12.1 Å². The molecule has 7 heteroatoms. The number of benzene rings is 1. The summed E-state index contributed by atoms with van der Waals surface area (Å²) in [6, 6.07) is 12.5. The predicted molar refractivity (Wildman–Crippen MR) is 106 cm³/mol. The van der Waals surface area contributed by atoms with Crippen molar-refractivity contribution >= 4 is 11.8 Å². The van der Waals surface area contributed by atoms with Gasteiger partial charge < -0.3 is 19.5 Å². The van der Waals surface area contributed by atoms with E-state index in [0.29, 0.717) is 35.1 Å². The fourth-order valence-electron chi connectivity index (χ4n) is 4.35. The molecule has 2 aliphatic rings. The predicted octanol–water partition coefficient (Wildman–Crippen LogP) is 2.39. The molecule has 1 aliphatic heterocycles. The molecule has 150 valence electrons. The zero-order valence-corrected chi connectivity index (χ0v) is 16.2. The molecule has 2 aromatic rings. The third-order valence-corrected chi connectivity index (χ3v) is 5.83. The summed E-state index contributed by atoms with van der Waals surface area (Å²) in [7, 11) is 1.34. The van der Waals surface area contributed by atoms with Gasteiger partial charge in [0.05, 0.1) is 30.4 Å². The van der Waals surface area contributed by atoms with E-state index >= 15 is 0 Å². The van der Waals surface area contributed by atoms with E-state index in [1.54, 1.807) is 42.6 Å². The molecule has 4 atom stereocenters. The Morgan fingerprint density at radius 3 is 2.79 bits per heavy atom. The smallest absolute Gasteiger partial charge is 0.337 e. The second kappa shape index (κ2) is 8.10. The molecule has 1 N–H and O–H groups in total. The first-order valence-electron chi connectivity index (χ1n) is 9.71. The number of hydrogen-bond donors (Lipinski definition) is 1. The van der Waals surface area contributed by atoms with Gasteiger partial charge in [0.25, 0.3) is 0 Å². The van der Waals surface area contributed by atoms with Gasteiger partial charge in [0.15, 0.2) is 0 Å². The maximum Gasteiger partial charge on any atom is 0.337 e. The Kier molecular flexibility index (Phi) is 5.36. The zero-order chi connectivity index (χ0) is 20.4. The maximum atomic E-state index is 11.7. The first-order chi connectivity index (χ1) is 14.1. The minimum atomic E-state index is -0.573. The van der Waals surface area contributed by atoms with Crippen molar-refractivity contribution < 1.29 is 19.4 Å². The van der Waals surface area contributed by atoms with E-state index in [1.165, 1.54) is 7.11 Å². The third-order valence-electron chi connectivity index (χ3n) is 5.83. The van der Waals surface area contributed by atoms with Crippen molar-refractivity contribution in [2.45, 2.75) is 25.0 Å². The fourth-order valence-corrected chi connectivity index (χ4v) is 4.35. The van der Waals surface area contributed by atoms with Crippen LogP contribution in [0.15, 0.2) is 42.6 Å². The van der Waals surface area contributed by atoms with E-state index in [9.17, 15) is 9.90 Å². The summed E-state index contributed by atoms with van der Waals surface area (Å²) in [5, 5.41) is 19.8. The van der Waals surface area contributed by atoms with Crippen molar-refractivity contribution in [2.24, 2.45) is 11.8 Å². The lowest BCUT2D eigenvalue weighted by molar-refractivity contribution is -0.0231. The number of nitriles is 1. The standard InChI is InChI=1S/C22H23N3O4/c1-28-22(27)15-3-2-4-18(8-15)29-20-10-17-13-25(12-16(17)9-19(20)26)21-7-14(11-23)5-6-24-21/h2-8,16-17,19-20,26H,9-10,12-13H2,1H3/t16-,17+,19+,20+/m0/s1. The second-order valence-corrected chi connectivity index (χ2v) is 7.65. The molecular formula is C22H23N3O4. The summed E-state index contributed by atoms with van der Waals surface area (Å²) in [4.78, 5) is 18.3. The number of hydrogen-bond acceptors (Lipinski definition) is 7. The van der Waals surface area contributed by atoms with Crippen LogP contribution >= 0.6 is 0 Å². The number of rotatable bonds is 4. The molecule has 1 aliphatic carbocycles. The fraction of sp³-hybridized carbons (Fsp3) is 0.409. The van der Waals surface area contributed by atoms with Crippen LogP contribution < -0.4 is 9.64 Å². The number of esters is 1. The molecule has 7 nitrogen and oxygen atoms in total. The quantitative estimate of drug-likeness (QED) is 0.797. The molecule has 0 unspecified atom stereocenters. The van der Waals surface area contributed by atoms with Gasteiger partial charge in [-0.2, -0.15) is 5.26 Å². The Bertz CT molecular complexity index is 942. The van der Waals surface area contributed by atoms with Crippen LogP contribution in [0.25, 0.3) is 0 Å². The van der Waals surface area contributed by atoms with Crippen LogP contribution in [0.3, 0.4) is 0 Å². The minimum Gasteiger partial charge on any atom is -0.488 e. The van der Waals surface area contributed by atoms with E-state index in [2.05, 4.69) is 16.0 Å². The summed E-state index contributed by atoms with van der Waals surface area (Å²) < 4.78 is 10.8. The number of carbonyl (C=O) groups excluding carboxylic acids is 1. The van der Waals surface area contributed by atoms with Gasteiger partial charge >= 0.3 is 5.97 Å². The van der Waals surface area contributed by atoms with Crippen LogP contribution in [0.4, 0.5) is 5.82 Å². The number of pyridine rings is 1. The zero-order valence-electron chi connectivity index (χ0n) is 16.2. The molecule has 2 heterocycles. The van der Waals surface area contributed by atoms with Crippen LogP contribution in [0.5, 0.6) is 5.75 Å². The molecule has 0 amide bonds. The number of aliphatic hydroxyl groups excluding tert-OH is 1. The highest BCUT2D eigenvalue weighted by Gasteiger charge is 2.43. The molecule has 1 saturated carbocycles. The first kappa shape index (κ1) is 19.2. The van der Waals surface area contributed by atoms with Crippen molar-refractivity contribution in [1.29, 1.82) is 5.26 Å². The average Bonchev–Trinajstić information content (AvgIpc) is 3.16. The number of carbonyl (C=O) groups is 1. The summed E-state index contributed by atoms with van der Waals surface area (Å²) in [6.45, 7) is 1.63. The lowest BCUT2D eigenvalue weighted by Gasteiger charge is -2.35. The van der Waals surface area contributed by atoms with E-state index in [4.69, 9.17) is 14.7 Å². The maximum absolute atomic E-state index is 11.7. The largest absolute Gasteiger partial charge is 0.488 e. The number of fused-ring (bicyclic) bond motifs is 1. The third kappa shape index (κ3) is 4.03. The highest BCUT2D eigenvalue weighted by molar-refractivity contribution is 5.89. The number of methoxy groups -OCH3 is 1. The van der Waals surface area contributed by atoms with Crippen LogP contribution in [0.2, 0.25) is 0 Å². The van der Waals surface area contributed by atoms with Crippen molar-refractivity contribution in [1.82, 2.24) is 4.98 Å². The lowest BCUT2D eigenvalue weighted by atomic mass is 9.78. The van der Waals surface area contributed by atoms with Gasteiger partial charge in [0.2, 0.25) is 0 Å². The first-order valence-corrected chi connectivity index (χ1v) is 9.71. The van der Waals surface area contributed by atoms with Gasteiger partial charge in [-0.1, -0.05) is 6.07 Å². The van der Waals surface area contributed by atoms with Crippen molar-refractivity contribution in [3.63, 3.8) is 0 Å². The molecule has 4 rings (SSSR count). The number of aromatic nitrogens is 1. The Labute approximate surface area is 169 Å². The van der Waals surface area contributed by atoms with Crippen molar-refractivity contribution in [3.8, 4) is 11.8 Å². The average molecular weight is 393 g/mol. The Balaban J connectivity index is 1.44. The Morgan fingerprint density at radius 1 is 1.24 bits per heavy atom. The van der Waals surface area contributed by atoms with Gasteiger partial charge in [-0.25, -0.2) is 9.78 Å². The molecule has 1 saturated heterocycles. The Morgan fingerprint density at radius 2 is 2.03 bits per heavy atom. The molecule has 0 bridgehead atoms. The highest BCUT2D eigenvalue weighted by Crippen LogP contribution is 2.39. The summed E-state index contributed by atoms with van der Waals surface area (Å²) in [5.41, 5.74) is 1.01. The van der Waals surface area contributed by atoms with Crippen LogP contribution in [-0.4, -0.2) is 48.5 Å². The number of anilines is 1. The summed E-state index contributed by atoms with van der Waals surface area (Å²) in [6.07, 6.45) is 2.13. The van der Waals surface area contributed by atoms with E-state index in [-0.39, 0.29) is 6.10 Å². The molecule has 2 fully saturated rings. The molecule has 0 radical (unpaired) electrons. The number of aliphatic hydroxyl groups is 1. The highest BCUT2D eigenvalue weighted by atomic mass is 16.5. The second-order valence-electron chi connectivity index (χ2n) is 7.65. The minimum absolute atomic E-state index is 0.331. The van der Waals surface area contributed by atoms with Crippen LogP contribution in [0.1, 0.15) is 28.8 Å². The van der Waals surface area contributed by atoms with Crippen LogP contribution in [-0.2, 0) is 4.74 Å². The monoisotopic (exact) mass is 393 g/mol. The molecule has 1 aromatic carbocycles. The topological polar surface area (TPSA) is 95.7 Å². The van der Waals surface area contributed by atoms with Gasteiger partial charge in [-0.15, -0.1) is 0 Å². The molecule has 0 spiro atoms. The summed E-state index contributed by atoms with van der Waals surface area (Å²) in [5.74, 6) is 1.67. The van der Waals surface area contributed by atoms with Crippen LogP contribution in [0, 0.1) is 23.2 Å². The molecule has 29 heavy (non-hydrogen) atoms. The van der Waals surface area contributed by atoms with Crippen molar-refractivity contribution in [3.05, 3.63) is 53.7 Å². The van der Waals surface area contributed by atoms with E-state index in [0.717, 1.165) is 25.3 Å². The molecule has 1 aromatic heterocycles. The van der Waals surface area contributed by atoms with Gasteiger partial charge in [0, 0.05) is 19.3 Å². The van der Waals surface area contributed by atoms with Gasteiger partial charge in [-0.05, 0) is 55.0 Å². The molecular weight excluding hydrogens is 370 g/mol. The number of nitrogens with zero attached hydrogens (tertiary/aromatic N) is 3. The van der Waals surface area contributed by atoms with E-state index in [1.807, 2.05) is 0 Å². The van der Waals surface area contributed by atoms with Gasteiger partial charge in [0.1, 0.15) is 17.7 Å². The Hall–Kier alpha value is -3.11. The lowest BCUT2D eigenvalue weighted by Crippen LogP contribution is -2.42. The van der Waals surface area contributed by atoms with Gasteiger partial charge in [-0.3, -0.25) is 0 Å². The number of ether oxygens (including phenoxy) is 2. The van der Waals surface area contributed by atoms with Crippen molar-refractivity contribution in [2.75, 3.05) is 25.1 Å². The normalized spacial score (nSPS) is 25.8. The summed E-state index contributed by atoms with van der Waals surface area (Å²) >= 11 is 0. The SMILES string of the molecule is COC(=O)c1cccc(O[C@@H]2C[C@@H]3CN(c4cc(C#N)ccn4)C[C@@H]3C[C@H]2O)c1.